The van der Waals surface area contributed by atoms with E-state index in [0.29, 0.717) is 0 Å². The lowest BCUT2D eigenvalue weighted by molar-refractivity contribution is 1.22. The maximum Gasteiger partial charge on any atom is 0.0771 e. The van der Waals surface area contributed by atoms with Crippen LogP contribution in [-0.2, 0) is 0 Å². The fraction of sp³-hybridized carbons (Fsp3) is 0.167. The summed E-state index contributed by atoms with van der Waals surface area (Å²) >= 11 is 10.2. The predicted octanol–water partition coefficient (Wildman–Crippen LogP) is 5.57. The van der Waals surface area contributed by atoms with Crippen LogP contribution < -0.4 is 0 Å². The second-order valence-electron chi connectivity index (χ2n) is 3.58. The monoisotopic (exact) mass is 404 g/mol. The van der Waals surface area contributed by atoms with Gasteiger partial charge in [-0.25, -0.2) is 0 Å². The van der Waals surface area contributed by atoms with Gasteiger partial charge in [-0.1, -0.05) is 0 Å². The summed E-state index contributed by atoms with van der Waals surface area (Å²) in [4.78, 5) is 2.26. The van der Waals surface area contributed by atoms with Gasteiger partial charge in [-0.3, -0.25) is 0 Å². The van der Waals surface area contributed by atoms with Crippen LogP contribution in [0.4, 0.5) is 0 Å². The molecular weight excluding hydrogens is 396 g/mol. The van der Waals surface area contributed by atoms with Gasteiger partial charge in [0.2, 0.25) is 0 Å². The molecule has 0 radical (unpaired) electrons. The van der Waals surface area contributed by atoms with E-state index in [9.17, 15) is 0 Å². The molecular formula is C12H10Br2N2S2. The second kappa shape index (κ2) is 6.23. The highest BCUT2D eigenvalue weighted by Gasteiger charge is 2.03. The molecule has 2 aromatic rings. The van der Waals surface area contributed by atoms with Crippen LogP contribution >= 0.6 is 54.5 Å². The third kappa shape index (κ3) is 3.60. The molecule has 0 saturated heterocycles. The van der Waals surface area contributed by atoms with Crippen LogP contribution in [0, 0.1) is 0 Å². The zero-order chi connectivity index (χ0) is 13.1. The van der Waals surface area contributed by atoms with Crippen molar-refractivity contribution in [2.45, 2.75) is 13.8 Å². The van der Waals surface area contributed by atoms with Crippen molar-refractivity contribution in [2.75, 3.05) is 0 Å². The van der Waals surface area contributed by atoms with Crippen molar-refractivity contribution in [2.24, 2.45) is 10.2 Å². The van der Waals surface area contributed by atoms with Crippen molar-refractivity contribution in [1.29, 1.82) is 0 Å². The summed E-state index contributed by atoms with van der Waals surface area (Å²) in [6.45, 7) is 3.94. The quantitative estimate of drug-likeness (QED) is 0.471. The Kier molecular flexibility index (Phi) is 4.89. The van der Waals surface area contributed by atoms with E-state index in [0.717, 1.165) is 28.8 Å². The van der Waals surface area contributed by atoms with Crippen LogP contribution in [0.5, 0.6) is 0 Å². The molecule has 0 aliphatic rings. The third-order valence-corrected chi connectivity index (χ3v) is 5.67. The molecule has 0 N–H and O–H groups in total. The molecule has 0 amide bonds. The van der Waals surface area contributed by atoms with E-state index >= 15 is 0 Å². The Labute approximate surface area is 131 Å². The third-order valence-electron chi connectivity index (χ3n) is 2.21. The number of rotatable bonds is 3. The van der Waals surface area contributed by atoms with Gasteiger partial charge >= 0.3 is 0 Å². The van der Waals surface area contributed by atoms with Crippen molar-refractivity contribution < 1.29 is 0 Å². The molecule has 0 spiro atoms. The number of thiophene rings is 2. The summed E-state index contributed by atoms with van der Waals surface area (Å²) in [5, 5.41) is 8.56. The molecule has 2 heterocycles. The molecule has 0 atom stereocenters. The molecule has 0 unspecified atom stereocenters. The molecule has 0 aliphatic heterocycles. The van der Waals surface area contributed by atoms with E-state index in [2.05, 4.69) is 42.1 Å². The number of hydrogen-bond donors (Lipinski definition) is 0. The van der Waals surface area contributed by atoms with Crippen molar-refractivity contribution >= 4 is 66.0 Å². The standard InChI is InChI=1S/C12H10Br2N2S2/c1-7(9-3-5-11(13)17-9)15-16-8(2)10-4-6-12(14)18-10/h3-6H,1-2H3/b15-7+,16-8?. The number of nitrogens with zero attached hydrogens (tertiary/aromatic N) is 2. The topological polar surface area (TPSA) is 24.7 Å². The molecule has 2 nitrogen and oxygen atoms in total. The first kappa shape index (κ1) is 14.1. The average Bonchev–Trinajstić information content (AvgIpc) is 2.94. The molecule has 2 aromatic heterocycles. The lowest BCUT2D eigenvalue weighted by Gasteiger charge is -1.94. The Morgan fingerprint density at radius 1 is 0.833 bits per heavy atom. The van der Waals surface area contributed by atoms with Gasteiger partial charge in [0.25, 0.3) is 0 Å². The maximum absolute atomic E-state index is 4.28. The van der Waals surface area contributed by atoms with E-state index in [1.54, 1.807) is 22.7 Å². The van der Waals surface area contributed by atoms with E-state index in [1.165, 1.54) is 0 Å². The molecule has 0 aromatic carbocycles. The smallest absolute Gasteiger partial charge is 0.0771 e. The van der Waals surface area contributed by atoms with Crippen molar-refractivity contribution in [3.8, 4) is 0 Å². The molecule has 0 aliphatic carbocycles. The summed E-state index contributed by atoms with van der Waals surface area (Å²) in [7, 11) is 0. The molecule has 0 fully saturated rings. The fourth-order valence-corrected chi connectivity index (χ4v) is 3.92. The Morgan fingerprint density at radius 2 is 1.22 bits per heavy atom. The van der Waals surface area contributed by atoms with Gasteiger partial charge in [-0.05, 0) is 70.0 Å². The van der Waals surface area contributed by atoms with Gasteiger partial charge in [0, 0.05) is 0 Å². The van der Waals surface area contributed by atoms with E-state index in [1.807, 2.05) is 38.1 Å². The average molecular weight is 406 g/mol. The lowest BCUT2D eigenvalue weighted by atomic mass is 10.3. The van der Waals surface area contributed by atoms with Gasteiger partial charge in [-0.2, -0.15) is 10.2 Å². The first-order chi connectivity index (χ1) is 8.56. The van der Waals surface area contributed by atoms with Crippen LogP contribution in [0.3, 0.4) is 0 Å². The first-order valence-corrected chi connectivity index (χ1v) is 8.38. The molecule has 2 rings (SSSR count). The minimum atomic E-state index is 0.931. The SMILES string of the molecule is CC(=N/N=C(\C)c1ccc(Br)s1)c1ccc(Br)s1. The summed E-state index contributed by atoms with van der Waals surface area (Å²) in [6.07, 6.45) is 0. The van der Waals surface area contributed by atoms with Gasteiger partial charge in [0.15, 0.2) is 0 Å². The zero-order valence-corrected chi connectivity index (χ0v) is 14.6. The van der Waals surface area contributed by atoms with E-state index in [-0.39, 0.29) is 0 Å². The Hall–Kier alpha value is -0.300. The van der Waals surface area contributed by atoms with Crippen LogP contribution in [0.2, 0.25) is 0 Å². The summed E-state index contributed by atoms with van der Waals surface area (Å²) in [5.74, 6) is 0. The highest BCUT2D eigenvalue weighted by atomic mass is 79.9. The summed E-state index contributed by atoms with van der Waals surface area (Å²) in [5.41, 5.74) is 1.86. The van der Waals surface area contributed by atoms with Gasteiger partial charge in [0.1, 0.15) is 0 Å². The first-order valence-electron chi connectivity index (χ1n) is 5.16. The van der Waals surface area contributed by atoms with Crippen molar-refractivity contribution in [3.05, 3.63) is 41.6 Å². The van der Waals surface area contributed by atoms with Crippen LogP contribution in [0.25, 0.3) is 0 Å². The van der Waals surface area contributed by atoms with Gasteiger partial charge in [0.05, 0.1) is 28.8 Å². The highest BCUT2D eigenvalue weighted by Crippen LogP contribution is 2.24. The van der Waals surface area contributed by atoms with Crippen LogP contribution in [0.1, 0.15) is 23.6 Å². The fourth-order valence-electron chi connectivity index (χ4n) is 1.27. The minimum Gasteiger partial charge on any atom is -0.154 e. The normalized spacial score (nSPS) is 13.1. The summed E-state index contributed by atoms with van der Waals surface area (Å²) < 4.78 is 2.21. The predicted molar refractivity (Wildman–Crippen MR) is 88.5 cm³/mol. The summed E-state index contributed by atoms with van der Waals surface area (Å²) in [6, 6.07) is 8.12. The Morgan fingerprint density at radius 3 is 1.50 bits per heavy atom. The lowest BCUT2D eigenvalue weighted by Crippen LogP contribution is -1.92. The van der Waals surface area contributed by atoms with E-state index < -0.39 is 0 Å². The minimum absolute atomic E-state index is 0.931. The Bertz CT molecular complexity index is 557. The van der Waals surface area contributed by atoms with Gasteiger partial charge in [-0.15, -0.1) is 22.7 Å². The second-order valence-corrected chi connectivity index (χ2v) is 8.50. The molecule has 0 bridgehead atoms. The van der Waals surface area contributed by atoms with Crippen LogP contribution in [-0.4, -0.2) is 11.4 Å². The number of hydrogen-bond acceptors (Lipinski definition) is 4. The Balaban J connectivity index is 2.18. The van der Waals surface area contributed by atoms with Crippen molar-refractivity contribution in [3.63, 3.8) is 0 Å². The maximum atomic E-state index is 4.28. The number of halogens is 2. The highest BCUT2D eigenvalue weighted by molar-refractivity contribution is 9.11. The molecule has 94 valence electrons. The zero-order valence-electron chi connectivity index (χ0n) is 9.78. The van der Waals surface area contributed by atoms with Crippen LogP contribution in [0.15, 0.2) is 42.0 Å². The van der Waals surface area contributed by atoms with Crippen molar-refractivity contribution in [1.82, 2.24) is 0 Å². The largest absolute Gasteiger partial charge is 0.154 e. The molecule has 0 saturated carbocycles. The van der Waals surface area contributed by atoms with Gasteiger partial charge < -0.3 is 0 Å². The molecule has 6 heteroatoms. The molecule has 18 heavy (non-hydrogen) atoms. The van der Waals surface area contributed by atoms with E-state index in [4.69, 9.17) is 0 Å².